The molecule has 5 nitrogen and oxygen atoms in total. The van der Waals surface area contributed by atoms with Crippen LogP contribution in [0.5, 0.6) is 0 Å². The van der Waals surface area contributed by atoms with Gasteiger partial charge in [-0.25, -0.2) is 4.98 Å². The van der Waals surface area contributed by atoms with Gasteiger partial charge in [-0.2, -0.15) is 0 Å². The normalized spacial score (nSPS) is 17.9. The minimum atomic E-state index is -0.327. The number of amides is 1. The Labute approximate surface area is 173 Å². The van der Waals surface area contributed by atoms with Crippen LogP contribution < -0.4 is 5.32 Å². The Morgan fingerprint density at radius 3 is 2.70 bits per heavy atom. The van der Waals surface area contributed by atoms with Crippen LogP contribution in [0.25, 0.3) is 0 Å². The molecule has 0 aliphatic carbocycles. The van der Waals surface area contributed by atoms with Crippen LogP contribution in [0.4, 0.5) is 5.69 Å². The number of benzene rings is 1. The summed E-state index contributed by atoms with van der Waals surface area (Å²) in [6.07, 6.45) is 2.38. The lowest BCUT2D eigenvalue weighted by Crippen LogP contribution is -2.23. The molecule has 1 aliphatic rings. The fraction of sp³-hybridized carbons (Fsp3) is 0.474. The fourth-order valence-corrected chi connectivity index (χ4v) is 4.54. The molecule has 1 aromatic heterocycles. The summed E-state index contributed by atoms with van der Waals surface area (Å²) in [4.78, 5) is 17.3. The first-order chi connectivity index (χ1) is 12.8. The van der Waals surface area contributed by atoms with Gasteiger partial charge in [0.05, 0.1) is 23.6 Å². The molecule has 0 spiro atoms. The van der Waals surface area contributed by atoms with Crippen LogP contribution in [0.3, 0.4) is 0 Å². The van der Waals surface area contributed by atoms with Crippen molar-refractivity contribution in [1.82, 2.24) is 9.55 Å². The SMILES string of the molecule is Cc1nc(SC(C)C(=O)Nc2cc(Cl)cc(Cl)c2)n(CC2CCCO2)c1C. The number of hydrogen-bond acceptors (Lipinski definition) is 4. The molecule has 2 unspecified atom stereocenters. The molecule has 0 radical (unpaired) electrons. The summed E-state index contributed by atoms with van der Waals surface area (Å²) in [5.74, 6) is -0.125. The molecule has 8 heteroatoms. The average Bonchev–Trinajstić information content (AvgIpc) is 3.18. The maximum absolute atomic E-state index is 12.6. The Kier molecular flexibility index (Phi) is 6.74. The van der Waals surface area contributed by atoms with Gasteiger partial charge >= 0.3 is 0 Å². The highest BCUT2D eigenvalue weighted by atomic mass is 35.5. The van der Waals surface area contributed by atoms with Crippen molar-refractivity contribution in [3.63, 3.8) is 0 Å². The standard InChI is InChI=1S/C19H23Cl2N3O2S/c1-11-12(2)24(10-17-5-4-6-26-17)19(22-11)27-13(3)18(25)23-16-8-14(20)7-15(21)9-16/h7-9,13,17H,4-6,10H2,1-3H3,(H,23,25). The van der Waals surface area contributed by atoms with E-state index in [1.54, 1.807) is 18.2 Å². The molecule has 3 rings (SSSR count). The predicted molar refractivity (Wildman–Crippen MR) is 111 cm³/mol. The summed E-state index contributed by atoms with van der Waals surface area (Å²) in [7, 11) is 0. The van der Waals surface area contributed by atoms with Gasteiger partial charge in [-0.15, -0.1) is 0 Å². The Bertz CT molecular complexity index is 814. The Hall–Kier alpha value is -1.21. The average molecular weight is 428 g/mol. The van der Waals surface area contributed by atoms with Crippen molar-refractivity contribution in [2.45, 2.75) is 56.7 Å². The molecule has 1 aromatic carbocycles. The maximum Gasteiger partial charge on any atom is 0.237 e. The zero-order chi connectivity index (χ0) is 19.6. The number of carbonyl (C=O) groups is 1. The lowest BCUT2D eigenvalue weighted by atomic mass is 10.2. The van der Waals surface area contributed by atoms with E-state index in [0.29, 0.717) is 15.7 Å². The fourth-order valence-electron chi connectivity index (χ4n) is 3.00. The van der Waals surface area contributed by atoms with Crippen molar-refractivity contribution >= 4 is 46.6 Å². The van der Waals surface area contributed by atoms with Gasteiger partial charge < -0.3 is 14.6 Å². The number of carbonyl (C=O) groups excluding carboxylic acids is 1. The summed E-state index contributed by atoms with van der Waals surface area (Å²) in [5, 5.41) is 4.35. The molecular weight excluding hydrogens is 405 g/mol. The Balaban J connectivity index is 1.70. The largest absolute Gasteiger partial charge is 0.376 e. The van der Waals surface area contributed by atoms with Gasteiger partial charge in [0, 0.05) is 28.0 Å². The van der Waals surface area contributed by atoms with Gasteiger partial charge in [0.25, 0.3) is 0 Å². The third-order valence-electron chi connectivity index (χ3n) is 4.61. The van der Waals surface area contributed by atoms with E-state index in [-0.39, 0.29) is 17.3 Å². The van der Waals surface area contributed by atoms with Crippen molar-refractivity contribution < 1.29 is 9.53 Å². The van der Waals surface area contributed by atoms with E-state index in [9.17, 15) is 4.79 Å². The van der Waals surface area contributed by atoms with Gasteiger partial charge in [0.1, 0.15) is 0 Å². The van der Waals surface area contributed by atoms with Crippen LogP contribution >= 0.6 is 35.0 Å². The molecule has 0 bridgehead atoms. The second-order valence-corrected chi connectivity index (χ2v) is 8.90. The van der Waals surface area contributed by atoms with Crippen LogP contribution in [0.2, 0.25) is 10.0 Å². The third-order valence-corrected chi connectivity index (χ3v) is 6.14. The van der Waals surface area contributed by atoms with Gasteiger partial charge in [-0.1, -0.05) is 35.0 Å². The Morgan fingerprint density at radius 2 is 2.07 bits per heavy atom. The minimum Gasteiger partial charge on any atom is -0.376 e. The van der Waals surface area contributed by atoms with Crippen molar-refractivity contribution in [3.8, 4) is 0 Å². The zero-order valence-electron chi connectivity index (χ0n) is 15.6. The zero-order valence-corrected chi connectivity index (χ0v) is 17.9. The summed E-state index contributed by atoms with van der Waals surface area (Å²) in [6, 6.07) is 4.98. The highest BCUT2D eigenvalue weighted by Gasteiger charge is 2.23. The number of rotatable bonds is 6. The molecule has 1 saturated heterocycles. The lowest BCUT2D eigenvalue weighted by molar-refractivity contribution is -0.115. The molecular formula is C19H23Cl2N3O2S. The Morgan fingerprint density at radius 1 is 1.37 bits per heavy atom. The van der Waals surface area contributed by atoms with Gasteiger partial charge in [-0.05, 0) is 51.8 Å². The first kappa shape index (κ1) is 20.5. The molecule has 2 atom stereocenters. The van der Waals surface area contributed by atoms with Crippen molar-refractivity contribution in [2.75, 3.05) is 11.9 Å². The van der Waals surface area contributed by atoms with Gasteiger partial charge in [-0.3, -0.25) is 4.79 Å². The number of anilines is 1. The first-order valence-corrected chi connectivity index (χ1v) is 10.6. The lowest BCUT2D eigenvalue weighted by Gasteiger charge is -2.17. The van der Waals surface area contributed by atoms with Crippen molar-refractivity contribution in [2.24, 2.45) is 0 Å². The number of thioether (sulfide) groups is 1. The number of nitrogens with zero attached hydrogens (tertiary/aromatic N) is 2. The molecule has 2 aromatic rings. The predicted octanol–water partition coefficient (Wildman–Crippen LogP) is 5.11. The van der Waals surface area contributed by atoms with E-state index in [4.69, 9.17) is 27.9 Å². The third kappa shape index (κ3) is 5.19. The second-order valence-electron chi connectivity index (χ2n) is 6.72. The topological polar surface area (TPSA) is 56.2 Å². The molecule has 1 N–H and O–H groups in total. The van der Waals surface area contributed by atoms with Crippen LogP contribution in [0, 0.1) is 13.8 Å². The first-order valence-electron chi connectivity index (χ1n) is 8.92. The monoisotopic (exact) mass is 427 g/mol. The highest BCUT2D eigenvalue weighted by Crippen LogP contribution is 2.29. The van der Waals surface area contributed by atoms with Gasteiger partial charge in [0.15, 0.2) is 5.16 Å². The quantitative estimate of drug-likeness (QED) is 0.650. The number of imidazole rings is 1. The van der Waals surface area contributed by atoms with Crippen molar-refractivity contribution in [1.29, 1.82) is 0 Å². The summed E-state index contributed by atoms with van der Waals surface area (Å²) in [5.41, 5.74) is 2.67. The maximum atomic E-state index is 12.6. The number of hydrogen-bond donors (Lipinski definition) is 1. The van der Waals surface area contributed by atoms with Crippen LogP contribution in [0.1, 0.15) is 31.2 Å². The molecule has 1 fully saturated rings. The van der Waals surface area contributed by atoms with Gasteiger partial charge in [0.2, 0.25) is 5.91 Å². The van der Waals surface area contributed by atoms with E-state index < -0.39 is 0 Å². The molecule has 1 amide bonds. The van der Waals surface area contributed by atoms with Crippen LogP contribution in [0.15, 0.2) is 23.4 Å². The summed E-state index contributed by atoms with van der Waals surface area (Å²) < 4.78 is 7.93. The van der Waals surface area contributed by atoms with E-state index in [1.165, 1.54) is 11.8 Å². The molecule has 146 valence electrons. The molecule has 2 heterocycles. The second kappa shape index (κ2) is 8.86. The van der Waals surface area contributed by atoms with E-state index >= 15 is 0 Å². The molecule has 27 heavy (non-hydrogen) atoms. The minimum absolute atomic E-state index is 0.125. The van der Waals surface area contributed by atoms with Crippen LogP contribution in [-0.4, -0.2) is 33.4 Å². The number of aryl methyl sites for hydroxylation is 1. The van der Waals surface area contributed by atoms with Crippen LogP contribution in [-0.2, 0) is 16.1 Å². The van der Waals surface area contributed by atoms with E-state index in [1.807, 2.05) is 13.8 Å². The number of halogens is 2. The number of aromatic nitrogens is 2. The smallest absolute Gasteiger partial charge is 0.237 e. The highest BCUT2D eigenvalue weighted by molar-refractivity contribution is 8.00. The summed E-state index contributed by atoms with van der Waals surface area (Å²) in [6.45, 7) is 7.50. The molecule has 0 saturated carbocycles. The van der Waals surface area contributed by atoms with Crippen molar-refractivity contribution in [3.05, 3.63) is 39.6 Å². The number of ether oxygens (including phenoxy) is 1. The summed E-state index contributed by atoms with van der Waals surface area (Å²) >= 11 is 13.4. The van der Waals surface area contributed by atoms with E-state index in [2.05, 4.69) is 21.8 Å². The molecule has 1 aliphatic heterocycles. The number of nitrogens with one attached hydrogen (secondary N) is 1. The van der Waals surface area contributed by atoms with E-state index in [0.717, 1.165) is 42.5 Å².